The molecule has 0 aliphatic carbocycles. The average molecular weight is 278 g/mol. The quantitative estimate of drug-likeness (QED) is 0.830. The summed E-state index contributed by atoms with van der Waals surface area (Å²) in [4.78, 5) is 11.8. The fourth-order valence-electron chi connectivity index (χ4n) is 1.28. The van der Waals surface area contributed by atoms with Gasteiger partial charge in [-0.15, -0.1) is 0 Å². The van der Waals surface area contributed by atoms with Gasteiger partial charge in [-0.25, -0.2) is 8.78 Å². The van der Waals surface area contributed by atoms with E-state index in [0.717, 1.165) is 12.1 Å². The van der Waals surface area contributed by atoms with Crippen molar-refractivity contribution in [3.8, 4) is 0 Å². The van der Waals surface area contributed by atoms with Crippen LogP contribution in [0.4, 0.5) is 8.78 Å². The number of nitrogens with one attached hydrogen (secondary N) is 1. The maximum absolute atomic E-state index is 13.0. The summed E-state index contributed by atoms with van der Waals surface area (Å²) in [5.74, 6) is -2.99. The highest BCUT2D eigenvalue weighted by molar-refractivity contribution is 6.33. The number of carbonyl (C=O) groups is 1. The van der Waals surface area contributed by atoms with Gasteiger partial charge in [-0.05, 0) is 25.0 Å². The maximum Gasteiger partial charge on any atom is 0.253 e. The first kappa shape index (κ1) is 14.9. The molecule has 2 N–H and O–H groups in total. The molecule has 1 aromatic carbocycles. The first-order valence-corrected chi connectivity index (χ1v) is 5.80. The van der Waals surface area contributed by atoms with E-state index >= 15 is 0 Å². The van der Waals surface area contributed by atoms with E-state index in [2.05, 4.69) is 5.32 Å². The first-order chi connectivity index (χ1) is 8.36. The highest BCUT2D eigenvalue weighted by Crippen LogP contribution is 2.20. The first-order valence-electron chi connectivity index (χ1n) is 5.43. The molecule has 3 nitrogen and oxygen atoms in total. The molecule has 0 saturated carbocycles. The number of aliphatic hydroxyl groups excluding tert-OH is 1. The summed E-state index contributed by atoms with van der Waals surface area (Å²) < 4.78 is 25.9. The number of benzene rings is 1. The molecule has 0 radical (unpaired) electrons. The minimum absolute atomic E-state index is 0.0903. The molecule has 2 unspecified atom stereocenters. The molecule has 1 amide bonds. The largest absolute Gasteiger partial charge is 0.396 e. The summed E-state index contributed by atoms with van der Waals surface area (Å²) in [5.41, 5.74) is -0.132. The highest BCUT2D eigenvalue weighted by atomic mass is 35.5. The summed E-state index contributed by atoms with van der Waals surface area (Å²) in [6.07, 6.45) is 0. The van der Waals surface area contributed by atoms with E-state index in [-0.39, 0.29) is 29.2 Å². The Bertz CT molecular complexity index is 454. The van der Waals surface area contributed by atoms with Crippen LogP contribution in [0.1, 0.15) is 24.2 Å². The number of amides is 1. The average Bonchev–Trinajstić information content (AvgIpc) is 2.32. The lowest BCUT2D eigenvalue weighted by atomic mass is 10.0. The third-order valence-electron chi connectivity index (χ3n) is 2.75. The number of hydrogen-bond donors (Lipinski definition) is 2. The predicted octanol–water partition coefficient (Wildman–Crippen LogP) is 2.36. The van der Waals surface area contributed by atoms with Crippen molar-refractivity contribution in [2.45, 2.75) is 19.9 Å². The van der Waals surface area contributed by atoms with Crippen LogP contribution in [0.2, 0.25) is 5.02 Å². The fraction of sp³-hybridized carbons (Fsp3) is 0.417. The van der Waals surface area contributed by atoms with Crippen molar-refractivity contribution >= 4 is 17.5 Å². The van der Waals surface area contributed by atoms with Gasteiger partial charge in [-0.3, -0.25) is 4.79 Å². The van der Waals surface area contributed by atoms with E-state index in [0.29, 0.717) is 0 Å². The Kier molecular flexibility index (Phi) is 5.04. The number of aliphatic hydroxyl groups is 1. The van der Waals surface area contributed by atoms with Crippen molar-refractivity contribution in [3.05, 3.63) is 34.4 Å². The number of hydrogen-bond acceptors (Lipinski definition) is 2. The van der Waals surface area contributed by atoms with Crippen molar-refractivity contribution in [1.29, 1.82) is 0 Å². The molecule has 0 heterocycles. The summed E-state index contributed by atoms with van der Waals surface area (Å²) in [7, 11) is 0. The zero-order valence-corrected chi connectivity index (χ0v) is 10.8. The summed E-state index contributed by atoms with van der Waals surface area (Å²) in [6, 6.07) is 1.20. The Balaban J connectivity index is 2.88. The topological polar surface area (TPSA) is 49.3 Å². The summed E-state index contributed by atoms with van der Waals surface area (Å²) in [5, 5.41) is 11.3. The van der Waals surface area contributed by atoms with Crippen LogP contribution in [0.5, 0.6) is 0 Å². The fourth-order valence-corrected chi connectivity index (χ4v) is 1.52. The van der Waals surface area contributed by atoms with Crippen LogP contribution in [0.25, 0.3) is 0 Å². The van der Waals surface area contributed by atoms with E-state index in [4.69, 9.17) is 16.7 Å². The van der Waals surface area contributed by atoms with Gasteiger partial charge >= 0.3 is 0 Å². The lowest BCUT2D eigenvalue weighted by molar-refractivity contribution is 0.0916. The molecule has 0 aliphatic rings. The molecule has 6 heteroatoms. The monoisotopic (exact) mass is 277 g/mol. The van der Waals surface area contributed by atoms with Crippen LogP contribution < -0.4 is 5.32 Å². The zero-order valence-electron chi connectivity index (χ0n) is 10.0. The lowest BCUT2D eigenvalue weighted by Crippen LogP contribution is -2.38. The van der Waals surface area contributed by atoms with Gasteiger partial charge in [0, 0.05) is 12.6 Å². The predicted molar refractivity (Wildman–Crippen MR) is 64.5 cm³/mol. The van der Waals surface area contributed by atoms with Crippen molar-refractivity contribution in [2.75, 3.05) is 6.61 Å². The molecule has 2 atom stereocenters. The third kappa shape index (κ3) is 3.40. The molecule has 100 valence electrons. The van der Waals surface area contributed by atoms with Crippen molar-refractivity contribution < 1.29 is 18.7 Å². The maximum atomic E-state index is 13.0. The Labute approximate surface area is 109 Å². The summed E-state index contributed by atoms with van der Waals surface area (Å²) >= 11 is 5.68. The molecular formula is C12H14ClF2NO2. The van der Waals surface area contributed by atoms with Crippen LogP contribution in [-0.2, 0) is 0 Å². The zero-order chi connectivity index (χ0) is 13.9. The van der Waals surface area contributed by atoms with E-state index in [1.807, 2.05) is 0 Å². The normalized spacial score (nSPS) is 14.1. The molecule has 18 heavy (non-hydrogen) atoms. The second kappa shape index (κ2) is 6.11. The molecule has 0 aromatic heterocycles. The van der Waals surface area contributed by atoms with Gasteiger partial charge in [0.2, 0.25) is 0 Å². The second-order valence-corrected chi connectivity index (χ2v) is 4.58. The minimum Gasteiger partial charge on any atom is -0.396 e. The van der Waals surface area contributed by atoms with E-state index in [9.17, 15) is 13.6 Å². The molecule has 1 rings (SSSR count). The van der Waals surface area contributed by atoms with E-state index in [1.165, 1.54) is 0 Å². The highest BCUT2D eigenvalue weighted by Gasteiger charge is 2.19. The number of rotatable bonds is 4. The molecule has 0 spiro atoms. The number of halogens is 3. The van der Waals surface area contributed by atoms with Gasteiger partial charge in [0.1, 0.15) is 0 Å². The molecule has 1 aromatic rings. The molecule has 0 saturated heterocycles. The van der Waals surface area contributed by atoms with Gasteiger partial charge in [-0.2, -0.15) is 0 Å². The standard InChI is InChI=1S/C12H14ClF2NO2/c1-6(5-17)7(2)16-12(18)8-3-10(14)11(15)4-9(8)13/h3-4,6-7,17H,5H2,1-2H3,(H,16,18). The van der Waals surface area contributed by atoms with Crippen molar-refractivity contribution in [3.63, 3.8) is 0 Å². The second-order valence-electron chi connectivity index (χ2n) is 4.17. The van der Waals surface area contributed by atoms with Gasteiger partial charge in [0.25, 0.3) is 5.91 Å². The minimum atomic E-state index is -1.13. The molecular weight excluding hydrogens is 264 g/mol. The number of carbonyl (C=O) groups excluding carboxylic acids is 1. The Morgan fingerprint density at radius 2 is 1.94 bits per heavy atom. The Hall–Kier alpha value is -1.20. The van der Waals surface area contributed by atoms with Crippen LogP contribution in [0.15, 0.2) is 12.1 Å². The van der Waals surface area contributed by atoms with Gasteiger partial charge < -0.3 is 10.4 Å². The van der Waals surface area contributed by atoms with Crippen molar-refractivity contribution in [1.82, 2.24) is 5.32 Å². The summed E-state index contributed by atoms with van der Waals surface area (Å²) in [6.45, 7) is 3.36. The Morgan fingerprint density at radius 3 is 2.50 bits per heavy atom. The van der Waals surface area contributed by atoms with Gasteiger partial charge in [0.05, 0.1) is 10.6 Å². The van der Waals surface area contributed by atoms with Crippen LogP contribution in [0.3, 0.4) is 0 Å². The van der Waals surface area contributed by atoms with Crippen LogP contribution in [-0.4, -0.2) is 23.7 Å². The molecule has 0 bridgehead atoms. The van der Waals surface area contributed by atoms with Gasteiger partial charge in [-0.1, -0.05) is 18.5 Å². The Morgan fingerprint density at radius 1 is 1.39 bits per heavy atom. The van der Waals surface area contributed by atoms with Crippen LogP contribution in [0, 0.1) is 17.6 Å². The van der Waals surface area contributed by atoms with E-state index in [1.54, 1.807) is 13.8 Å². The molecule has 0 fully saturated rings. The third-order valence-corrected chi connectivity index (χ3v) is 3.07. The van der Waals surface area contributed by atoms with E-state index < -0.39 is 17.5 Å². The smallest absolute Gasteiger partial charge is 0.253 e. The van der Waals surface area contributed by atoms with Gasteiger partial charge in [0.15, 0.2) is 11.6 Å². The van der Waals surface area contributed by atoms with Crippen molar-refractivity contribution in [2.24, 2.45) is 5.92 Å². The lowest BCUT2D eigenvalue weighted by Gasteiger charge is -2.19. The molecule has 0 aliphatic heterocycles. The van der Waals surface area contributed by atoms with Crippen LogP contribution >= 0.6 is 11.6 Å². The SMILES string of the molecule is CC(CO)C(C)NC(=O)c1cc(F)c(F)cc1Cl.